The van der Waals surface area contributed by atoms with E-state index in [0.29, 0.717) is 12.8 Å². The van der Waals surface area contributed by atoms with E-state index in [4.69, 9.17) is 0 Å². The summed E-state index contributed by atoms with van der Waals surface area (Å²) in [7, 11) is 0. The largest absolute Gasteiger partial charge is 0.299 e. The molecule has 2 heteroatoms. The Labute approximate surface area is 125 Å². The first-order valence-corrected chi connectivity index (χ1v) is 8.74. The Kier molecular flexibility index (Phi) is 14.3. The molecule has 0 atom stereocenters. The van der Waals surface area contributed by atoms with Gasteiger partial charge in [0.05, 0.1) is 6.42 Å². The molecule has 0 saturated heterocycles. The van der Waals surface area contributed by atoms with Crippen molar-refractivity contribution >= 4 is 11.6 Å². The fourth-order valence-electron chi connectivity index (χ4n) is 2.49. The second-order valence-corrected chi connectivity index (χ2v) is 5.94. The maximum absolute atomic E-state index is 11.5. The van der Waals surface area contributed by atoms with Crippen LogP contribution in [0.1, 0.15) is 104 Å². The van der Waals surface area contributed by atoms with Gasteiger partial charge in [0.1, 0.15) is 11.6 Å². The zero-order valence-electron chi connectivity index (χ0n) is 13.7. The van der Waals surface area contributed by atoms with E-state index in [1.54, 1.807) is 0 Å². The third-order valence-corrected chi connectivity index (χ3v) is 3.73. The van der Waals surface area contributed by atoms with Crippen molar-refractivity contribution in [2.45, 2.75) is 104 Å². The Morgan fingerprint density at radius 2 is 1.00 bits per heavy atom. The highest BCUT2D eigenvalue weighted by Crippen LogP contribution is 2.12. The van der Waals surface area contributed by atoms with Crippen LogP contribution in [0, 0.1) is 0 Å². The summed E-state index contributed by atoms with van der Waals surface area (Å²) in [5, 5.41) is 0. The number of ketones is 2. The van der Waals surface area contributed by atoms with Crippen LogP contribution in [0.2, 0.25) is 0 Å². The number of unbranched alkanes of at least 4 members (excludes halogenated alkanes) is 9. The number of carbonyl (C=O) groups excluding carboxylic acids is 2. The molecule has 0 spiro atoms. The number of carbonyl (C=O) groups is 2. The lowest BCUT2D eigenvalue weighted by Gasteiger charge is -2.02. The van der Waals surface area contributed by atoms with Crippen molar-refractivity contribution in [3.8, 4) is 0 Å². The van der Waals surface area contributed by atoms with E-state index in [1.165, 1.54) is 51.4 Å². The molecule has 0 aliphatic rings. The van der Waals surface area contributed by atoms with E-state index in [0.717, 1.165) is 19.3 Å². The van der Waals surface area contributed by atoms with Gasteiger partial charge in [-0.3, -0.25) is 9.59 Å². The van der Waals surface area contributed by atoms with Crippen molar-refractivity contribution < 1.29 is 9.59 Å². The molecule has 0 aromatic rings. The lowest BCUT2D eigenvalue weighted by Crippen LogP contribution is -2.07. The van der Waals surface area contributed by atoms with Crippen LogP contribution in [0.3, 0.4) is 0 Å². The Morgan fingerprint density at radius 3 is 1.50 bits per heavy atom. The first kappa shape index (κ1) is 19.3. The standard InChI is InChI=1S/C18H34O2/c1-3-5-6-7-8-9-10-11-12-13-15-18(20)16-17(19)14-4-2/h3-16H2,1-2H3. The van der Waals surface area contributed by atoms with Gasteiger partial charge in [-0.2, -0.15) is 0 Å². The van der Waals surface area contributed by atoms with Crippen LogP contribution >= 0.6 is 0 Å². The van der Waals surface area contributed by atoms with Crippen molar-refractivity contribution in [1.29, 1.82) is 0 Å². The van der Waals surface area contributed by atoms with E-state index in [2.05, 4.69) is 6.92 Å². The monoisotopic (exact) mass is 282 g/mol. The molecule has 118 valence electrons. The molecule has 20 heavy (non-hydrogen) atoms. The Morgan fingerprint density at radius 1 is 0.550 bits per heavy atom. The highest BCUT2D eigenvalue weighted by atomic mass is 16.1. The van der Waals surface area contributed by atoms with E-state index >= 15 is 0 Å². The molecule has 0 amide bonds. The first-order valence-electron chi connectivity index (χ1n) is 8.74. The fourth-order valence-corrected chi connectivity index (χ4v) is 2.49. The molecule has 0 aliphatic carbocycles. The molecule has 0 aromatic carbocycles. The summed E-state index contributed by atoms with van der Waals surface area (Å²) < 4.78 is 0. The van der Waals surface area contributed by atoms with Gasteiger partial charge in [0, 0.05) is 12.8 Å². The predicted molar refractivity (Wildman–Crippen MR) is 86.0 cm³/mol. The summed E-state index contributed by atoms with van der Waals surface area (Å²) >= 11 is 0. The van der Waals surface area contributed by atoms with Crippen LogP contribution in [0.15, 0.2) is 0 Å². The predicted octanol–water partition coefficient (Wildman–Crippen LogP) is 5.63. The Balaban J connectivity index is 3.23. The third-order valence-electron chi connectivity index (χ3n) is 3.73. The summed E-state index contributed by atoms with van der Waals surface area (Å²) in [5.41, 5.74) is 0. The number of hydrogen-bond donors (Lipinski definition) is 0. The van der Waals surface area contributed by atoms with Gasteiger partial charge in [0.15, 0.2) is 0 Å². The summed E-state index contributed by atoms with van der Waals surface area (Å²) in [6, 6.07) is 0. The average molecular weight is 282 g/mol. The van der Waals surface area contributed by atoms with Crippen LogP contribution in [-0.2, 0) is 9.59 Å². The number of rotatable bonds is 15. The van der Waals surface area contributed by atoms with Gasteiger partial charge < -0.3 is 0 Å². The van der Waals surface area contributed by atoms with Gasteiger partial charge in [0.25, 0.3) is 0 Å². The molecule has 0 heterocycles. The smallest absolute Gasteiger partial charge is 0.140 e. The minimum Gasteiger partial charge on any atom is -0.299 e. The summed E-state index contributed by atoms with van der Waals surface area (Å²) in [6.07, 6.45) is 15.0. The van der Waals surface area contributed by atoms with Gasteiger partial charge in [0.2, 0.25) is 0 Å². The molecule has 0 aromatic heterocycles. The first-order chi connectivity index (χ1) is 9.70. The van der Waals surface area contributed by atoms with Crippen LogP contribution < -0.4 is 0 Å². The van der Waals surface area contributed by atoms with Crippen molar-refractivity contribution in [1.82, 2.24) is 0 Å². The SMILES string of the molecule is CCCCCCCCCCCCC(=O)CC(=O)CCC. The lowest BCUT2D eigenvalue weighted by molar-refractivity contribution is -0.127. The van der Waals surface area contributed by atoms with Crippen LogP contribution in [0.5, 0.6) is 0 Å². The molecule has 0 rings (SSSR count). The summed E-state index contributed by atoms with van der Waals surface area (Å²) in [6.45, 7) is 4.22. The topological polar surface area (TPSA) is 34.1 Å². The average Bonchev–Trinajstić information content (AvgIpc) is 2.41. The maximum Gasteiger partial charge on any atom is 0.140 e. The van der Waals surface area contributed by atoms with E-state index in [9.17, 15) is 9.59 Å². The second kappa shape index (κ2) is 14.7. The number of hydrogen-bond acceptors (Lipinski definition) is 2. The van der Waals surface area contributed by atoms with E-state index < -0.39 is 0 Å². The molecule has 0 bridgehead atoms. The quantitative estimate of drug-likeness (QED) is 0.288. The maximum atomic E-state index is 11.5. The van der Waals surface area contributed by atoms with Crippen molar-refractivity contribution in [3.05, 3.63) is 0 Å². The highest BCUT2D eigenvalue weighted by molar-refractivity contribution is 5.98. The van der Waals surface area contributed by atoms with E-state index in [-0.39, 0.29) is 18.0 Å². The molecule has 2 nitrogen and oxygen atoms in total. The van der Waals surface area contributed by atoms with Gasteiger partial charge in [-0.1, -0.05) is 71.6 Å². The third kappa shape index (κ3) is 13.8. The summed E-state index contributed by atoms with van der Waals surface area (Å²) in [4.78, 5) is 22.9. The number of Topliss-reactive ketones (excluding diaryl/α,β-unsaturated/α-hetero) is 2. The minimum atomic E-state index is 0.115. The Hall–Kier alpha value is -0.660. The fraction of sp³-hybridized carbons (Fsp3) is 0.889. The molecule has 0 N–H and O–H groups in total. The van der Waals surface area contributed by atoms with Gasteiger partial charge in [-0.15, -0.1) is 0 Å². The molecule has 0 unspecified atom stereocenters. The molecular weight excluding hydrogens is 248 g/mol. The van der Waals surface area contributed by atoms with Gasteiger partial charge in [-0.25, -0.2) is 0 Å². The van der Waals surface area contributed by atoms with E-state index in [1.807, 2.05) is 6.92 Å². The second-order valence-electron chi connectivity index (χ2n) is 5.94. The minimum absolute atomic E-state index is 0.115. The Bertz CT molecular complexity index is 246. The normalized spacial score (nSPS) is 10.7. The molecule has 0 radical (unpaired) electrons. The van der Waals surface area contributed by atoms with Gasteiger partial charge in [-0.05, 0) is 12.8 Å². The molecular formula is C18H34O2. The van der Waals surface area contributed by atoms with Crippen LogP contribution in [-0.4, -0.2) is 11.6 Å². The van der Waals surface area contributed by atoms with Crippen LogP contribution in [0.4, 0.5) is 0 Å². The van der Waals surface area contributed by atoms with Crippen LogP contribution in [0.25, 0.3) is 0 Å². The van der Waals surface area contributed by atoms with Crippen molar-refractivity contribution in [3.63, 3.8) is 0 Å². The summed E-state index contributed by atoms with van der Waals surface area (Å²) in [5.74, 6) is 0.257. The zero-order valence-corrected chi connectivity index (χ0v) is 13.7. The zero-order chi connectivity index (χ0) is 15.1. The molecule has 0 aliphatic heterocycles. The molecule has 0 saturated carbocycles. The van der Waals surface area contributed by atoms with Crippen molar-refractivity contribution in [2.24, 2.45) is 0 Å². The highest BCUT2D eigenvalue weighted by Gasteiger charge is 2.07. The van der Waals surface area contributed by atoms with Crippen molar-refractivity contribution in [2.75, 3.05) is 0 Å². The molecule has 0 fully saturated rings. The lowest BCUT2D eigenvalue weighted by atomic mass is 10.0. The van der Waals surface area contributed by atoms with Gasteiger partial charge >= 0.3 is 0 Å².